The third kappa shape index (κ3) is 2.69. The number of furan rings is 1. The summed E-state index contributed by atoms with van der Waals surface area (Å²) in [6.45, 7) is 2.14. The molecule has 3 rings (SSSR count). The first-order chi connectivity index (χ1) is 9.85. The van der Waals surface area contributed by atoms with Crippen molar-refractivity contribution in [3.63, 3.8) is 0 Å². The standard InChI is InChI=1S/C16H15N3O/c1-2-12-5-7-13(8-6-12)18-16-17-10-9-14(19-16)15-4-3-11-20-15/h3-11H,2H2,1H3,(H,17,18,19). The molecule has 100 valence electrons. The zero-order valence-corrected chi connectivity index (χ0v) is 11.2. The number of hydrogen-bond acceptors (Lipinski definition) is 4. The van der Waals surface area contributed by atoms with E-state index in [-0.39, 0.29) is 0 Å². The van der Waals surface area contributed by atoms with E-state index in [2.05, 4.69) is 34.3 Å². The van der Waals surface area contributed by atoms with Gasteiger partial charge in [0, 0.05) is 11.9 Å². The molecule has 4 heteroatoms. The van der Waals surface area contributed by atoms with Crippen LogP contribution in [0.25, 0.3) is 11.5 Å². The van der Waals surface area contributed by atoms with Crippen LogP contribution in [0.3, 0.4) is 0 Å². The molecule has 0 saturated carbocycles. The summed E-state index contributed by atoms with van der Waals surface area (Å²) < 4.78 is 5.34. The van der Waals surface area contributed by atoms with Crippen LogP contribution >= 0.6 is 0 Å². The Kier molecular flexibility index (Phi) is 3.46. The first-order valence-corrected chi connectivity index (χ1v) is 6.58. The molecule has 0 saturated heterocycles. The number of hydrogen-bond donors (Lipinski definition) is 1. The number of aromatic nitrogens is 2. The van der Waals surface area contributed by atoms with Crippen molar-refractivity contribution in [3.05, 3.63) is 60.5 Å². The molecular weight excluding hydrogens is 250 g/mol. The highest BCUT2D eigenvalue weighted by Gasteiger charge is 2.04. The van der Waals surface area contributed by atoms with Crippen LogP contribution in [0.1, 0.15) is 12.5 Å². The van der Waals surface area contributed by atoms with E-state index in [0.717, 1.165) is 23.6 Å². The third-order valence-electron chi connectivity index (χ3n) is 3.05. The smallest absolute Gasteiger partial charge is 0.227 e. The topological polar surface area (TPSA) is 51.0 Å². The van der Waals surface area contributed by atoms with Gasteiger partial charge in [-0.2, -0.15) is 0 Å². The van der Waals surface area contributed by atoms with Gasteiger partial charge in [-0.3, -0.25) is 0 Å². The normalized spacial score (nSPS) is 10.4. The second kappa shape index (κ2) is 5.57. The maximum Gasteiger partial charge on any atom is 0.227 e. The zero-order valence-electron chi connectivity index (χ0n) is 11.2. The Morgan fingerprint density at radius 2 is 1.95 bits per heavy atom. The maximum absolute atomic E-state index is 5.34. The van der Waals surface area contributed by atoms with E-state index in [0.29, 0.717) is 5.95 Å². The third-order valence-corrected chi connectivity index (χ3v) is 3.05. The molecule has 0 unspecified atom stereocenters. The summed E-state index contributed by atoms with van der Waals surface area (Å²) in [5.41, 5.74) is 3.04. The fourth-order valence-corrected chi connectivity index (χ4v) is 1.93. The molecule has 0 atom stereocenters. The second-order valence-corrected chi connectivity index (χ2v) is 4.42. The number of nitrogens with zero attached hydrogens (tertiary/aromatic N) is 2. The van der Waals surface area contributed by atoms with Gasteiger partial charge in [0.2, 0.25) is 5.95 Å². The lowest BCUT2D eigenvalue weighted by molar-refractivity contribution is 0.580. The van der Waals surface area contributed by atoms with Gasteiger partial charge in [-0.25, -0.2) is 9.97 Å². The van der Waals surface area contributed by atoms with Crippen LogP contribution in [0.2, 0.25) is 0 Å². The molecule has 20 heavy (non-hydrogen) atoms. The molecule has 0 spiro atoms. The summed E-state index contributed by atoms with van der Waals surface area (Å²) in [4.78, 5) is 8.66. The van der Waals surface area contributed by atoms with E-state index in [1.54, 1.807) is 12.5 Å². The van der Waals surface area contributed by atoms with Crippen LogP contribution in [0, 0.1) is 0 Å². The summed E-state index contributed by atoms with van der Waals surface area (Å²) >= 11 is 0. The lowest BCUT2D eigenvalue weighted by Crippen LogP contribution is -1.97. The summed E-state index contributed by atoms with van der Waals surface area (Å²) in [6, 6.07) is 13.8. The minimum atomic E-state index is 0.558. The van der Waals surface area contributed by atoms with E-state index in [4.69, 9.17) is 4.42 Å². The fraction of sp³-hybridized carbons (Fsp3) is 0.125. The van der Waals surface area contributed by atoms with Crippen molar-refractivity contribution in [2.45, 2.75) is 13.3 Å². The van der Waals surface area contributed by atoms with Gasteiger partial charge < -0.3 is 9.73 Å². The van der Waals surface area contributed by atoms with Gasteiger partial charge in [0.1, 0.15) is 5.69 Å². The highest BCUT2D eigenvalue weighted by molar-refractivity contribution is 5.58. The van der Waals surface area contributed by atoms with E-state index in [9.17, 15) is 0 Å². The van der Waals surface area contributed by atoms with E-state index in [1.165, 1.54) is 5.56 Å². The fourth-order valence-electron chi connectivity index (χ4n) is 1.93. The highest BCUT2D eigenvalue weighted by atomic mass is 16.3. The van der Waals surface area contributed by atoms with Crippen LogP contribution in [0.15, 0.2) is 59.3 Å². The molecule has 2 aromatic heterocycles. The van der Waals surface area contributed by atoms with E-state index < -0.39 is 0 Å². The van der Waals surface area contributed by atoms with Crippen molar-refractivity contribution < 1.29 is 4.42 Å². The molecule has 0 bridgehead atoms. The summed E-state index contributed by atoms with van der Waals surface area (Å²) in [6.07, 6.45) is 4.38. The molecule has 1 N–H and O–H groups in total. The number of rotatable bonds is 4. The molecule has 3 aromatic rings. The van der Waals surface area contributed by atoms with E-state index >= 15 is 0 Å². The Hall–Kier alpha value is -2.62. The maximum atomic E-state index is 5.34. The molecule has 0 aliphatic rings. The Balaban J connectivity index is 1.82. The van der Waals surface area contributed by atoms with Crippen LogP contribution in [-0.4, -0.2) is 9.97 Å². The zero-order chi connectivity index (χ0) is 13.8. The largest absolute Gasteiger partial charge is 0.463 e. The molecule has 0 aliphatic heterocycles. The van der Waals surface area contributed by atoms with Crippen LogP contribution in [0.4, 0.5) is 11.6 Å². The predicted molar refractivity (Wildman–Crippen MR) is 78.8 cm³/mol. The van der Waals surface area contributed by atoms with Crippen molar-refractivity contribution in [1.29, 1.82) is 0 Å². The first-order valence-electron chi connectivity index (χ1n) is 6.58. The van der Waals surface area contributed by atoms with Crippen molar-refractivity contribution in [2.24, 2.45) is 0 Å². The van der Waals surface area contributed by atoms with Crippen LogP contribution in [-0.2, 0) is 6.42 Å². The van der Waals surface area contributed by atoms with Crippen molar-refractivity contribution in [2.75, 3.05) is 5.32 Å². The summed E-state index contributed by atoms with van der Waals surface area (Å²) in [5.74, 6) is 1.29. The Bertz CT molecular complexity index is 675. The molecule has 4 nitrogen and oxygen atoms in total. The average Bonchev–Trinajstić information content (AvgIpc) is 3.03. The van der Waals surface area contributed by atoms with Crippen LogP contribution < -0.4 is 5.32 Å². The van der Waals surface area contributed by atoms with E-state index in [1.807, 2.05) is 30.3 Å². The lowest BCUT2D eigenvalue weighted by Gasteiger charge is -2.06. The van der Waals surface area contributed by atoms with Gasteiger partial charge in [-0.1, -0.05) is 19.1 Å². The van der Waals surface area contributed by atoms with Crippen molar-refractivity contribution in [1.82, 2.24) is 9.97 Å². The Morgan fingerprint density at radius 1 is 1.10 bits per heavy atom. The molecule has 0 radical (unpaired) electrons. The average molecular weight is 265 g/mol. The predicted octanol–water partition coefficient (Wildman–Crippen LogP) is 4.04. The van der Waals surface area contributed by atoms with Gasteiger partial charge in [0.15, 0.2) is 5.76 Å². The first kappa shape index (κ1) is 12.4. The number of benzene rings is 1. The van der Waals surface area contributed by atoms with Gasteiger partial charge in [-0.05, 0) is 42.3 Å². The molecule has 2 heterocycles. The van der Waals surface area contributed by atoms with Gasteiger partial charge in [-0.15, -0.1) is 0 Å². The number of anilines is 2. The molecular formula is C16H15N3O. The molecule has 0 aliphatic carbocycles. The summed E-state index contributed by atoms with van der Waals surface area (Å²) in [7, 11) is 0. The van der Waals surface area contributed by atoms with Gasteiger partial charge in [0.25, 0.3) is 0 Å². The quantitative estimate of drug-likeness (QED) is 0.773. The molecule has 0 fully saturated rings. The minimum Gasteiger partial charge on any atom is -0.463 e. The van der Waals surface area contributed by atoms with Gasteiger partial charge in [0.05, 0.1) is 6.26 Å². The molecule has 1 aromatic carbocycles. The summed E-state index contributed by atoms with van der Waals surface area (Å²) in [5, 5.41) is 3.19. The van der Waals surface area contributed by atoms with Crippen molar-refractivity contribution in [3.8, 4) is 11.5 Å². The van der Waals surface area contributed by atoms with Gasteiger partial charge >= 0.3 is 0 Å². The van der Waals surface area contributed by atoms with Crippen LogP contribution in [0.5, 0.6) is 0 Å². The Morgan fingerprint density at radius 3 is 2.65 bits per heavy atom. The SMILES string of the molecule is CCc1ccc(Nc2nccc(-c3ccco3)n2)cc1. The number of nitrogens with one attached hydrogen (secondary N) is 1. The Labute approximate surface area is 117 Å². The molecule has 0 amide bonds. The monoisotopic (exact) mass is 265 g/mol. The second-order valence-electron chi connectivity index (χ2n) is 4.42. The number of aryl methyl sites for hydroxylation is 1. The minimum absolute atomic E-state index is 0.558. The highest BCUT2D eigenvalue weighted by Crippen LogP contribution is 2.19. The van der Waals surface area contributed by atoms with Crippen molar-refractivity contribution >= 4 is 11.6 Å². The lowest BCUT2D eigenvalue weighted by atomic mass is 10.1.